The lowest BCUT2D eigenvalue weighted by atomic mass is 9.77. The van der Waals surface area contributed by atoms with Crippen molar-refractivity contribution in [3.63, 3.8) is 0 Å². The second kappa shape index (κ2) is 5.45. The highest BCUT2D eigenvalue weighted by atomic mass is 127. The van der Waals surface area contributed by atoms with Crippen molar-refractivity contribution in [2.24, 2.45) is 0 Å². The molecule has 0 spiro atoms. The Morgan fingerprint density at radius 1 is 0.947 bits per heavy atom. The molecular weight excluding hydrogens is 347 g/mol. The van der Waals surface area contributed by atoms with Gasteiger partial charge in [0.2, 0.25) is 0 Å². The van der Waals surface area contributed by atoms with Gasteiger partial charge < -0.3 is 0 Å². The molecule has 0 amide bonds. The van der Waals surface area contributed by atoms with Crippen molar-refractivity contribution in [1.82, 2.24) is 0 Å². The van der Waals surface area contributed by atoms with Gasteiger partial charge in [-0.15, -0.1) is 0 Å². The lowest BCUT2D eigenvalue weighted by Gasteiger charge is -2.27. The van der Waals surface area contributed by atoms with Crippen LogP contribution in [0.4, 0.5) is 0 Å². The fraction of sp³-hybridized carbons (Fsp3) is 0.235. The quantitative estimate of drug-likeness (QED) is 0.567. The zero-order valence-corrected chi connectivity index (χ0v) is 12.8. The van der Waals surface area contributed by atoms with Crippen LogP contribution in [0.25, 0.3) is 0 Å². The van der Waals surface area contributed by atoms with E-state index in [0.29, 0.717) is 5.92 Å². The minimum atomic E-state index is 0.160. The maximum absolute atomic E-state index is 12.7. The fourth-order valence-electron chi connectivity index (χ4n) is 2.57. The highest BCUT2D eigenvalue weighted by Crippen LogP contribution is 2.38. The summed E-state index contributed by atoms with van der Waals surface area (Å²) in [6.45, 7) is 0. The van der Waals surface area contributed by atoms with E-state index in [0.717, 1.165) is 14.7 Å². The molecule has 1 fully saturated rings. The number of benzene rings is 2. The predicted octanol–water partition coefficient (Wildman–Crippen LogP) is 4.79. The number of ketones is 1. The number of carbonyl (C=O) groups excluding carboxylic acids is 1. The zero-order valence-electron chi connectivity index (χ0n) is 10.6. The summed E-state index contributed by atoms with van der Waals surface area (Å²) in [4.78, 5) is 12.7. The van der Waals surface area contributed by atoms with Crippen LogP contribution in [0.3, 0.4) is 0 Å². The maximum atomic E-state index is 12.7. The number of carbonyl (C=O) groups is 1. The third-order valence-corrected chi connectivity index (χ3v) is 4.81. The van der Waals surface area contributed by atoms with Gasteiger partial charge in [0.25, 0.3) is 0 Å². The Morgan fingerprint density at radius 3 is 2.21 bits per heavy atom. The van der Waals surface area contributed by atoms with Crippen molar-refractivity contribution in [2.75, 3.05) is 0 Å². The summed E-state index contributed by atoms with van der Waals surface area (Å²) in [6, 6.07) is 15.9. The molecule has 1 aliphatic rings. The van der Waals surface area contributed by atoms with Crippen LogP contribution in [0, 0.1) is 3.57 Å². The molecule has 0 N–H and O–H groups in total. The summed E-state index contributed by atoms with van der Waals surface area (Å²) in [5, 5.41) is 0. The Balaban J connectivity index is 2.02. The van der Waals surface area contributed by atoms with Crippen molar-refractivity contribution in [1.29, 1.82) is 0 Å². The molecule has 19 heavy (non-hydrogen) atoms. The summed E-state index contributed by atoms with van der Waals surface area (Å²) in [6.07, 6.45) is 3.72. The van der Waals surface area contributed by atoms with Gasteiger partial charge in [-0.25, -0.2) is 0 Å². The lowest BCUT2D eigenvalue weighted by Crippen LogP contribution is -2.14. The first-order chi connectivity index (χ1) is 9.27. The largest absolute Gasteiger partial charge is 0.289 e. The summed E-state index contributed by atoms with van der Waals surface area (Å²) in [7, 11) is 0. The zero-order chi connectivity index (χ0) is 13.2. The van der Waals surface area contributed by atoms with E-state index < -0.39 is 0 Å². The van der Waals surface area contributed by atoms with Crippen molar-refractivity contribution in [2.45, 2.75) is 25.2 Å². The molecule has 96 valence electrons. The van der Waals surface area contributed by atoms with E-state index in [4.69, 9.17) is 0 Å². The van der Waals surface area contributed by atoms with Gasteiger partial charge in [-0.3, -0.25) is 4.79 Å². The molecule has 1 nitrogen and oxygen atoms in total. The van der Waals surface area contributed by atoms with Crippen molar-refractivity contribution < 1.29 is 4.79 Å². The highest BCUT2D eigenvalue weighted by Gasteiger charge is 2.25. The average molecular weight is 362 g/mol. The lowest BCUT2D eigenvalue weighted by molar-refractivity contribution is 0.103. The Kier molecular flexibility index (Phi) is 3.69. The van der Waals surface area contributed by atoms with Gasteiger partial charge in [0, 0.05) is 14.7 Å². The van der Waals surface area contributed by atoms with Gasteiger partial charge >= 0.3 is 0 Å². The molecule has 2 heteroatoms. The van der Waals surface area contributed by atoms with E-state index in [1.165, 1.54) is 24.8 Å². The molecule has 0 atom stereocenters. The van der Waals surface area contributed by atoms with Crippen molar-refractivity contribution >= 4 is 28.4 Å². The Bertz CT molecular complexity index is 614. The second-order valence-corrected chi connectivity index (χ2v) is 6.19. The topological polar surface area (TPSA) is 17.1 Å². The van der Waals surface area contributed by atoms with Gasteiger partial charge in [-0.05, 0) is 59.0 Å². The number of halogens is 1. The number of hydrogen-bond donors (Lipinski definition) is 0. The first-order valence-electron chi connectivity index (χ1n) is 6.65. The van der Waals surface area contributed by atoms with Crippen molar-refractivity contribution in [3.8, 4) is 0 Å². The van der Waals surface area contributed by atoms with Gasteiger partial charge in [-0.2, -0.15) is 0 Å². The van der Waals surface area contributed by atoms with Gasteiger partial charge in [0.15, 0.2) is 5.78 Å². The number of rotatable bonds is 3. The summed E-state index contributed by atoms with van der Waals surface area (Å²) >= 11 is 2.23. The smallest absolute Gasteiger partial charge is 0.194 e. The molecule has 0 heterocycles. The Morgan fingerprint density at radius 2 is 1.58 bits per heavy atom. The summed E-state index contributed by atoms with van der Waals surface area (Å²) < 4.78 is 1.02. The molecule has 3 rings (SSSR count). The average Bonchev–Trinajstić information content (AvgIpc) is 2.37. The molecule has 0 saturated heterocycles. The van der Waals surface area contributed by atoms with Gasteiger partial charge in [0.05, 0.1) is 0 Å². The van der Waals surface area contributed by atoms with Crippen LogP contribution in [-0.2, 0) is 0 Å². The van der Waals surface area contributed by atoms with E-state index in [1.807, 2.05) is 42.5 Å². The minimum Gasteiger partial charge on any atom is -0.289 e. The predicted molar refractivity (Wildman–Crippen MR) is 85.6 cm³/mol. The maximum Gasteiger partial charge on any atom is 0.194 e. The van der Waals surface area contributed by atoms with Crippen molar-refractivity contribution in [3.05, 3.63) is 68.8 Å². The van der Waals surface area contributed by atoms with E-state index in [9.17, 15) is 4.79 Å². The molecule has 2 aromatic rings. The fourth-order valence-corrected chi connectivity index (χ4v) is 3.20. The molecule has 0 aliphatic heterocycles. The third kappa shape index (κ3) is 2.46. The monoisotopic (exact) mass is 362 g/mol. The van der Waals surface area contributed by atoms with Crippen LogP contribution in [0.5, 0.6) is 0 Å². The van der Waals surface area contributed by atoms with Crippen LogP contribution >= 0.6 is 22.6 Å². The minimum absolute atomic E-state index is 0.160. The molecule has 1 aliphatic carbocycles. The molecular formula is C17H15IO. The van der Waals surface area contributed by atoms with Crippen LogP contribution in [0.2, 0.25) is 0 Å². The van der Waals surface area contributed by atoms with Crippen LogP contribution in [-0.4, -0.2) is 5.78 Å². The van der Waals surface area contributed by atoms with Gasteiger partial charge in [0.1, 0.15) is 0 Å². The third-order valence-electron chi connectivity index (χ3n) is 3.87. The molecule has 0 bridgehead atoms. The first kappa shape index (κ1) is 12.9. The molecule has 0 radical (unpaired) electrons. The van der Waals surface area contributed by atoms with E-state index in [2.05, 4.69) is 28.7 Å². The van der Waals surface area contributed by atoms with Crippen LogP contribution < -0.4 is 0 Å². The summed E-state index contributed by atoms with van der Waals surface area (Å²) in [5.74, 6) is 0.744. The van der Waals surface area contributed by atoms with Crippen LogP contribution in [0.1, 0.15) is 46.7 Å². The SMILES string of the molecule is O=C(c1ccccc1I)c1ccccc1C1CCC1. The molecule has 2 aromatic carbocycles. The number of hydrogen-bond acceptors (Lipinski definition) is 1. The van der Waals surface area contributed by atoms with E-state index in [-0.39, 0.29) is 5.78 Å². The standard InChI is InChI=1S/C17H15IO/c18-16-11-4-3-10-15(16)17(19)14-9-2-1-8-13(14)12-6-5-7-12/h1-4,8-12H,5-7H2. The highest BCUT2D eigenvalue weighted by molar-refractivity contribution is 14.1. The van der Waals surface area contributed by atoms with Crippen LogP contribution in [0.15, 0.2) is 48.5 Å². The van der Waals surface area contributed by atoms with E-state index in [1.54, 1.807) is 0 Å². The summed E-state index contributed by atoms with van der Waals surface area (Å²) in [5.41, 5.74) is 2.93. The molecule has 0 unspecified atom stereocenters. The Labute approximate surface area is 127 Å². The van der Waals surface area contributed by atoms with E-state index >= 15 is 0 Å². The molecule has 0 aromatic heterocycles. The normalized spacial score (nSPS) is 15.0. The molecule has 1 saturated carbocycles. The first-order valence-corrected chi connectivity index (χ1v) is 7.73. The van der Waals surface area contributed by atoms with Gasteiger partial charge in [-0.1, -0.05) is 42.8 Å². The second-order valence-electron chi connectivity index (χ2n) is 5.02. The Hall–Kier alpha value is -1.16.